The first-order valence-corrected chi connectivity index (χ1v) is 7.90. The van der Waals surface area contributed by atoms with Gasteiger partial charge in [-0.05, 0) is 49.4 Å². The number of aromatic hydroxyl groups is 1. The molecule has 0 aliphatic carbocycles. The van der Waals surface area contributed by atoms with Crippen molar-refractivity contribution in [1.29, 1.82) is 0 Å². The van der Waals surface area contributed by atoms with Gasteiger partial charge in [0.2, 0.25) is 5.88 Å². The topological polar surface area (TPSA) is 87.4 Å². The number of aromatic nitrogens is 2. The molecule has 0 amide bonds. The van der Waals surface area contributed by atoms with Crippen LogP contribution in [0.25, 0.3) is 5.69 Å². The number of aromatic amines is 1. The third-order valence-corrected chi connectivity index (χ3v) is 3.89. The highest BCUT2D eigenvalue weighted by molar-refractivity contribution is 6.30. The minimum Gasteiger partial charge on any atom is -0.493 e. The van der Waals surface area contributed by atoms with Crippen LogP contribution in [-0.4, -0.2) is 20.4 Å². The first-order valence-electron chi connectivity index (χ1n) is 7.52. The van der Waals surface area contributed by atoms with Crippen LogP contribution < -0.4 is 11.2 Å². The molecule has 0 atom stereocenters. The fourth-order valence-corrected chi connectivity index (χ4v) is 2.60. The maximum Gasteiger partial charge on any atom is 0.335 e. The Balaban J connectivity index is 2.19. The lowest BCUT2D eigenvalue weighted by Gasteiger charge is -2.11. The number of hydrogen-bond donors (Lipinski definition) is 2. The highest BCUT2D eigenvalue weighted by atomic mass is 35.5. The highest BCUT2D eigenvalue weighted by Gasteiger charge is 2.18. The fraction of sp³-hybridized carbons (Fsp3) is 0.0556. The predicted octanol–water partition coefficient (Wildman–Crippen LogP) is 3.16. The van der Waals surface area contributed by atoms with Crippen LogP contribution in [0.5, 0.6) is 5.88 Å². The van der Waals surface area contributed by atoms with Gasteiger partial charge >= 0.3 is 5.69 Å². The molecule has 0 spiro atoms. The van der Waals surface area contributed by atoms with Gasteiger partial charge < -0.3 is 5.11 Å². The van der Waals surface area contributed by atoms with E-state index in [1.165, 1.54) is 37.3 Å². The summed E-state index contributed by atoms with van der Waals surface area (Å²) in [4.78, 5) is 30.6. The van der Waals surface area contributed by atoms with Gasteiger partial charge in [0, 0.05) is 5.02 Å². The van der Waals surface area contributed by atoms with E-state index < -0.39 is 22.9 Å². The van der Waals surface area contributed by atoms with Crippen LogP contribution in [0.2, 0.25) is 5.02 Å². The van der Waals surface area contributed by atoms with Crippen molar-refractivity contribution in [3.05, 3.63) is 85.8 Å². The Morgan fingerprint density at radius 2 is 1.88 bits per heavy atom. The number of H-pyrrole nitrogens is 1. The largest absolute Gasteiger partial charge is 0.493 e. The molecular weight excluding hydrogens is 361 g/mol. The van der Waals surface area contributed by atoms with Crippen LogP contribution in [0.3, 0.4) is 0 Å². The molecule has 1 heterocycles. The van der Waals surface area contributed by atoms with Crippen molar-refractivity contribution in [3.63, 3.8) is 0 Å². The molecule has 0 aliphatic rings. The summed E-state index contributed by atoms with van der Waals surface area (Å²) in [6, 6.07) is 11.6. The Bertz CT molecular complexity index is 1120. The first kappa shape index (κ1) is 17.6. The van der Waals surface area contributed by atoms with E-state index in [1.54, 1.807) is 18.2 Å². The van der Waals surface area contributed by atoms with Crippen LogP contribution in [0.15, 0.2) is 63.1 Å². The molecular formula is C18H13ClFN3O3. The molecule has 0 saturated carbocycles. The smallest absolute Gasteiger partial charge is 0.335 e. The molecule has 0 aliphatic heterocycles. The Hall–Kier alpha value is -3.19. The van der Waals surface area contributed by atoms with Gasteiger partial charge in [-0.2, -0.15) is 0 Å². The van der Waals surface area contributed by atoms with Crippen molar-refractivity contribution in [1.82, 2.24) is 9.55 Å². The van der Waals surface area contributed by atoms with Gasteiger partial charge in [-0.25, -0.2) is 13.8 Å². The molecule has 26 heavy (non-hydrogen) atoms. The molecule has 0 bridgehead atoms. The number of rotatable bonds is 3. The maximum absolute atomic E-state index is 13.3. The summed E-state index contributed by atoms with van der Waals surface area (Å²) in [6.45, 7) is 1.48. The zero-order valence-electron chi connectivity index (χ0n) is 13.5. The van der Waals surface area contributed by atoms with Crippen molar-refractivity contribution >= 4 is 23.0 Å². The Morgan fingerprint density at radius 1 is 1.19 bits per heavy atom. The molecule has 0 unspecified atom stereocenters. The molecule has 132 valence electrons. The zero-order chi connectivity index (χ0) is 18.8. The quantitative estimate of drug-likeness (QED) is 0.691. The van der Waals surface area contributed by atoms with E-state index in [2.05, 4.69) is 9.98 Å². The zero-order valence-corrected chi connectivity index (χ0v) is 14.3. The third kappa shape index (κ3) is 3.43. The average Bonchev–Trinajstić information content (AvgIpc) is 2.56. The summed E-state index contributed by atoms with van der Waals surface area (Å²) in [5.41, 5.74) is -1.09. The van der Waals surface area contributed by atoms with Crippen molar-refractivity contribution in [2.45, 2.75) is 6.92 Å². The monoisotopic (exact) mass is 373 g/mol. The first-order chi connectivity index (χ1) is 12.4. The van der Waals surface area contributed by atoms with Crippen LogP contribution in [0.1, 0.15) is 12.5 Å². The van der Waals surface area contributed by atoms with Crippen LogP contribution >= 0.6 is 11.6 Å². The van der Waals surface area contributed by atoms with Gasteiger partial charge in [0.25, 0.3) is 5.56 Å². The van der Waals surface area contributed by atoms with Crippen LogP contribution in [0, 0.1) is 5.82 Å². The predicted molar refractivity (Wildman–Crippen MR) is 97.6 cm³/mol. The molecule has 0 fully saturated rings. The Kier molecular flexibility index (Phi) is 4.73. The molecule has 3 aromatic rings. The van der Waals surface area contributed by atoms with Crippen molar-refractivity contribution < 1.29 is 9.50 Å². The number of aliphatic imine (C=N–C) groups is 1. The second-order valence-corrected chi connectivity index (χ2v) is 5.88. The minimum atomic E-state index is -0.808. The summed E-state index contributed by atoms with van der Waals surface area (Å²) in [6.07, 6.45) is 0. The molecule has 8 heteroatoms. The van der Waals surface area contributed by atoms with Gasteiger partial charge in [0.05, 0.1) is 17.1 Å². The van der Waals surface area contributed by atoms with E-state index in [4.69, 9.17) is 11.6 Å². The van der Waals surface area contributed by atoms with Crippen molar-refractivity contribution in [2.75, 3.05) is 0 Å². The number of benzene rings is 2. The molecule has 0 radical (unpaired) electrons. The summed E-state index contributed by atoms with van der Waals surface area (Å²) in [5.74, 6) is -1.05. The average molecular weight is 374 g/mol. The lowest BCUT2D eigenvalue weighted by atomic mass is 10.2. The Morgan fingerprint density at radius 3 is 2.54 bits per heavy atom. The second-order valence-electron chi connectivity index (χ2n) is 5.45. The van der Waals surface area contributed by atoms with Crippen molar-refractivity contribution in [3.8, 4) is 11.6 Å². The number of hydrogen-bond acceptors (Lipinski definition) is 4. The van der Waals surface area contributed by atoms with E-state index in [-0.39, 0.29) is 17.0 Å². The lowest BCUT2D eigenvalue weighted by Crippen LogP contribution is -2.32. The fourth-order valence-electron chi connectivity index (χ4n) is 2.48. The molecule has 2 aromatic carbocycles. The molecule has 2 N–H and O–H groups in total. The maximum atomic E-state index is 13.3. The van der Waals surface area contributed by atoms with Gasteiger partial charge in [-0.1, -0.05) is 17.7 Å². The van der Waals surface area contributed by atoms with E-state index in [9.17, 15) is 19.1 Å². The highest BCUT2D eigenvalue weighted by Crippen LogP contribution is 2.21. The molecule has 6 nitrogen and oxygen atoms in total. The molecule has 3 rings (SSSR count). The van der Waals surface area contributed by atoms with E-state index in [0.717, 1.165) is 4.57 Å². The summed E-state index contributed by atoms with van der Waals surface area (Å²) < 4.78 is 14.2. The SMILES string of the molecule is CC(=Nc1cccc(F)c1)c1c(O)n(-c2ccc(Cl)cc2)c(=O)[nH]c1=O. The normalized spacial score (nSPS) is 11.6. The third-order valence-electron chi connectivity index (χ3n) is 3.64. The molecule has 1 aromatic heterocycles. The van der Waals surface area contributed by atoms with Gasteiger partial charge in [0.15, 0.2) is 0 Å². The van der Waals surface area contributed by atoms with Gasteiger partial charge in [-0.15, -0.1) is 0 Å². The number of halogens is 2. The summed E-state index contributed by atoms with van der Waals surface area (Å²) >= 11 is 5.83. The standard InChI is InChI=1S/C18H13ClFN3O3/c1-10(21-13-4-2-3-12(20)9-13)15-16(24)22-18(26)23(17(15)25)14-7-5-11(19)6-8-14/h2-9,25H,1H3,(H,22,24,26). The lowest BCUT2D eigenvalue weighted by molar-refractivity contribution is 0.430. The van der Waals surface area contributed by atoms with Gasteiger partial charge in [0.1, 0.15) is 11.4 Å². The van der Waals surface area contributed by atoms with Crippen molar-refractivity contribution in [2.24, 2.45) is 4.99 Å². The van der Waals surface area contributed by atoms with Crippen LogP contribution in [-0.2, 0) is 0 Å². The Labute approximate surface area is 151 Å². The number of nitrogens with one attached hydrogen (secondary N) is 1. The van der Waals surface area contributed by atoms with E-state index in [1.807, 2.05) is 0 Å². The summed E-state index contributed by atoms with van der Waals surface area (Å²) in [7, 11) is 0. The molecule has 0 saturated heterocycles. The second kappa shape index (κ2) is 6.97. The minimum absolute atomic E-state index is 0.122. The van der Waals surface area contributed by atoms with E-state index >= 15 is 0 Å². The summed E-state index contributed by atoms with van der Waals surface area (Å²) in [5, 5.41) is 11.0. The van der Waals surface area contributed by atoms with Crippen LogP contribution in [0.4, 0.5) is 10.1 Å². The number of nitrogens with zero attached hydrogens (tertiary/aromatic N) is 2. The van der Waals surface area contributed by atoms with Gasteiger partial charge in [-0.3, -0.25) is 14.8 Å². The van der Waals surface area contributed by atoms with E-state index in [0.29, 0.717) is 10.7 Å².